The van der Waals surface area contributed by atoms with Gasteiger partial charge < -0.3 is 10.2 Å². The Bertz CT molecular complexity index is 594. The number of carbonyl (C=O) groups excluding carboxylic acids is 2. The number of benzene rings is 1. The van der Waals surface area contributed by atoms with Crippen molar-refractivity contribution in [3.05, 3.63) is 29.3 Å². The van der Waals surface area contributed by atoms with Crippen LogP contribution in [-0.4, -0.2) is 31.2 Å². The van der Waals surface area contributed by atoms with E-state index >= 15 is 0 Å². The van der Waals surface area contributed by atoms with Crippen LogP contribution in [0.3, 0.4) is 0 Å². The Morgan fingerprint density at radius 2 is 2.11 bits per heavy atom. The van der Waals surface area contributed by atoms with Gasteiger partial charge >= 0.3 is 6.03 Å². The average Bonchev–Trinajstić information content (AvgIpc) is 2.43. The first-order valence-electron chi connectivity index (χ1n) is 6.15. The van der Waals surface area contributed by atoms with Gasteiger partial charge in [0.05, 0.1) is 12.3 Å². The van der Waals surface area contributed by atoms with Crippen molar-refractivity contribution < 1.29 is 9.59 Å². The minimum atomic E-state index is -0.285. The molecule has 2 N–H and O–H groups in total. The first-order valence-corrected chi connectivity index (χ1v) is 6.15. The Morgan fingerprint density at radius 1 is 1.26 bits per heavy atom. The smallest absolute Gasteiger partial charge is 0.331 e. The highest BCUT2D eigenvalue weighted by Gasteiger charge is 2.22. The fourth-order valence-electron chi connectivity index (χ4n) is 2.36. The number of anilines is 1. The monoisotopic (exact) mass is 258 g/mol. The maximum atomic E-state index is 11.6. The first-order chi connectivity index (χ1) is 9.15. The third kappa shape index (κ3) is 2.05. The van der Waals surface area contributed by atoms with Gasteiger partial charge in [0.2, 0.25) is 5.91 Å². The second-order valence-corrected chi connectivity index (χ2v) is 4.65. The number of amides is 3. The molecule has 2 aliphatic rings. The lowest BCUT2D eigenvalue weighted by molar-refractivity contribution is -0.118. The van der Waals surface area contributed by atoms with Gasteiger partial charge in [0, 0.05) is 19.2 Å². The molecule has 0 unspecified atom stereocenters. The molecule has 1 aromatic rings. The van der Waals surface area contributed by atoms with Gasteiger partial charge in [0.15, 0.2) is 0 Å². The van der Waals surface area contributed by atoms with Gasteiger partial charge in [-0.2, -0.15) is 5.10 Å². The summed E-state index contributed by atoms with van der Waals surface area (Å²) in [5, 5.41) is 6.72. The summed E-state index contributed by atoms with van der Waals surface area (Å²) in [6.45, 7) is 0.416. The summed E-state index contributed by atoms with van der Waals surface area (Å²) in [4.78, 5) is 24.3. The number of hydrogen-bond acceptors (Lipinski definition) is 3. The average molecular weight is 258 g/mol. The molecule has 3 amide bonds. The lowest BCUT2D eigenvalue weighted by Crippen LogP contribution is -2.42. The van der Waals surface area contributed by atoms with Crippen LogP contribution in [0.2, 0.25) is 0 Å². The number of nitrogens with one attached hydrogen (secondary N) is 2. The van der Waals surface area contributed by atoms with E-state index in [2.05, 4.69) is 15.8 Å². The van der Waals surface area contributed by atoms with Gasteiger partial charge in [-0.15, -0.1) is 0 Å². The van der Waals surface area contributed by atoms with Crippen molar-refractivity contribution in [2.45, 2.75) is 12.8 Å². The molecule has 0 atom stereocenters. The highest BCUT2D eigenvalue weighted by atomic mass is 16.2. The minimum absolute atomic E-state index is 0.143. The Morgan fingerprint density at radius 3 is 2.84 bits per heavy atom. The predicted molar refractivity (Wildman–Crippen MR) is 71.2 cm³/mol. The quantitative estimate of drug-likeness (QED) is 0.774. The van der Waals surface area contributed by atoms with Gasteiger partial charge in [-0.25, -0.2) is 10.2 Å². The number of aryl methyl sites for hydroxylation is 1. The summed E-state index contributed by atoms with van der Waals surface area (Å²) >= 11 is 0. The topological polar surface area (TPSA) is 73.8 Å². The SMILES string of the molecule is CN1C(=O)CCc2cc(C3=NNC(=O)NC3)ccc21. The van der Waals surface area contributed by atoms with Gasteiger partial charge in [-0.05, 0) is 29.7 Å². The summed E-state index contributed by atoms with van der Waals surface area (Å²) in [6.07, 6.45) is 1.29. The molecule has 2 aliphatic heterocycles. The normalized spacial score (nSPS) is 18.4. The zero-order chi connectivity index (χ0) is 13.4. The number of urea groups is 1. The Kier molecular flexibility index (Phi) is 2.70. The third-order valence-electron chi connectivity index (χ3n) is 3.47. The number of nitrogens with zero attached hydrogens (tertiary/aromatic N) is 2. The van der Waals surface area contributed by atoms with Crippen LogP contribution in [0.4, 0.5) is 10.5 Å². The summed E-state index contributed by atoms with van der Waals surface area (Å²) in [5.74, 6) is 0.143. The third-order valence-corrected chi connectivity index (χ3v) is 3.47. The standard InChI is InChI=1S/C13H14N4O2/c1-17-11-4-2-8(6-9(11)3-5-12(17)18)10-7-14-13(19)16-15-10/h2,4,6H,3,5,7H2,1H3,(H2,14,16,19). The highest BCUT2D eigenvalue weighted by Crippen LogP contribution is 2.27. The molecule has 0 fully saturated rings. The summed E-state index contributed by atoms with van der Waals surface area (Å²) in [6, 6.07) is 5.61. The molecule has 0 bridgehead atoms. The molecule has 2 heterocycles. The van der Waals surface area contributed by atoms with Crippen LogP contribution in [0, 0.1) is 0 Å². The van der Waals surface area contributed by atoms with Crippen LogP contribution in [0.1, 0.15) is 17.5 Å². The second-order valence-electron chi connectivity index (χ2n) is 4.65. The molecule has 19 heavy (non-hydrogen) atoms. The van der Waals surface area contributed by atoms with Crippen LogP contribution >= 0.6 is 0 Å². The second kappa shape index (κ2) is 4.38. The van der Waals surface area contributed by atoms with Crippen molar-refractivity contribution in [1.29, 1.82) is 0 Å². The molecule has 0 spiro atoms. The molecule has 0 saturated heterocycles. The van der Waals surface area contributed by atoms with E-state index in [0.717, 1.165) is 28.9 Å². The first kappa shape index (κ1) is 11.7. The number of carbonyl (C=O) groups is 2. The van der Waals surface area contributed by atoms with Crippen molar-refractivity contribution >= 4 is 23.3 Å². The van der Waals surface area contributed by atoms with Gasteiger partial charge in [0.25, 0.3) is 0 Å². The summed E-state index contributed by atoms with van der Waals surface area (Å²) < 4.78 is 0. The lowest BCUT2D eigenvalue weighted by Gasteiger charge is -2.26. The van der Waals surface area contributed by atoms with Crippen LogP contribution in [-0.2, 0) is 11.2 Å². The van der Waals surface area contributed by atoms with Gasteiger partial charge in [-0.1, -0.05) is 6.07 Å². The van der Waals surface area contributed by atoms with E-state index < -0.39 is 0 Å². The molecule has 0 aliphatic carbocycles. The maximum absolute atomic E-state index is 11.6. The van der Waals surface area contributed by atoms with Crippen LogP contribution < -0.4 is 15.6 Å². The van der Waals surface area contributed by atoms with Crippen molar-refractivity contribution in [3.63, 3.8) is 0 Å². The van der Waals surface area contributed by atoms with E-state index in [0.29, 0.717) is 13.0 Å². The predicted octanol–water partition coefficient (Wildman–Crippen LogP) is 0.612. The van der Waals surface area contributed by atoms with Gasteiger partial charge in [0.1, 0.15) is 0 Å². The van der Waals surface area contributed by atoms with Crippen molar-refractivity contribution in [2.75, 3.05) is 18.5 Å². The fourth-order valence-corrected chi connectivity index (χ4v) is 2.36. The highest BCUT2D eigenvalue weighted by molar-refractivity contribution is 6.06. The lowest BCUT2D eigenvalue weighted by atomic mass is 9.97. The zero-order valence-corrected chi connectivity index (χ0v) is 10.6. The van der Waals surface area contributed by atoms with E-state index in [1.54, 1.807) is 11.9 Å². The van der Waals surface area contributed by atoms with E-state index in [9.17, 15) is 9.59 Å². The molecular weight excluding hydrogens is 244 g/mol. The number of rotatable bonds is 1. The number of hydrazone groups is 1. The molecular formula is C13H14N4O2. The van der Waals surface area contributed by atoms with Crippen LogP contribution in [0.25, 0.3) is 0 Å². The molecule has 3 rings (SSSR count). The number of hydrogen-bond donors (Lipinski definition) is 2. The molecule has 0 saturated carbocycles. The maximum Gasteiger partial charge on any atom is 0.335 e. The molecule has 0 aromatic heterocycles. The molecule has 98 valence electrons. The van der Waals surface area contributed by atoms with Crippen molar-refractivity contribution in [3.8, 4) is 0 Å². The molecule has 0 radical (unpaired) electrons. The van der Waals surface area contributed by atoms with E-state index in [-0.39, 0.29) is 11.9 Å². The van der Waals surface area contributed by atoms with Crippen LogP contribution in [0.5, 0.6) is 0 Å². The van der Waals surface area contributed by atoms with Crippen molar-refractivity contribution in [2.24, 2.45) is 5.10 Å². The zero-order valence-electron chi connectivity index (χ0n) is 10.6. The van der Waals surface area contributed by atoms with Crippen molar-refractivity contribution in [1.82, 2.24) is 10.7 Å². The molecule has 1 aromatic carbocycles. The Balaban J connectivity index is 1.94. The molecule has 6 nitrogen and oxygen atoms in total. The summed E-state index contributed by atoms with van der Waals surface area (Å²) in [7, 11) is 1.79. The van der Waals surface area contributed by atoms with E-state index in [1.807, 2.05) is 18.2 Å². The van der Waals surface area contributed by atoms with Crippen LogP contribution in [0.15, 0.2) is 23.3 Å². The van der Waals surface area contributed by atoms with E-state index in [4.69, 9.17) is 0 Å². The Labute approximate surface area is 110 Å². The Hall–Kier alpha value is -2.37. The van der Waals surface area contributed by atoms with Gasteiger partial charge in [-0.3, -0.25) is 4.79 Å². The number of fused-ring (bicyclic) bond motifs is 1. The largest absolute Gasteiger partial charge is 0.335 e. The summed E-state index contributed by atoms with van der Waals surface area (Å²) in [5.41, 5.74) is 6.25. The fraction of sp³-hybridized carbons (Fsp3) is 0.308. The minimum Gasteiger partial charge on any atom is -0.331 e. The molecule has 6 heteroatoms. The van der Waals surface area contributed by atoms with E-state index in [1.165, 1.54) is 0 Å².